The molecular formula is C14H11FN2O. The third-order valence-electron chi connectivity index (χ3n) is 2.82. The number of nitrogens with zero attached hydrogens (tertiary/aromatic N) is 2. The zero-order valence-corrected chi connectivity index (χ0v) is 9.53. The first kappa shape index (κ1) is 10.8. The molecule has 0 aliphatic rings. The van der Waals surface area contributed by atoms with E-state index < -0.39 is 0 Å². The molecule has 0 saturated carbocycles. The third kappa shape index (κ3) is 1.93. The summed E-state index contributed by atoms with van der Waals surface area (Å²) in [5, 5.41) is 0. The maximum absolute atomic E-state index is 13.0. The van der Waals surface area contributed by atoms with Crippen molar-refractivity contribution in [3.63, 3.8) is 0 Å². The van der Waals surface area contributed by atoms with Crippen LogP contribution >= 0.6 is 0 Å². The SMILES string of the molecule is Fc1ccc(C(c2ccco2)n2ccnc2)cc1. The Morgan fingerprint density at radius 1 is 1.17 bits per heavy atom. The second kappa shape index (κ2) is 4.49. The van der Waals surface area contributed by atoms with Crippen molar-refractivity contribution in [3.8, 4) is 0 Å². The van der Waals surface area contributed by atoms with Crippen molar-refractivity contribution < 1.29 is 8.81 Å². The van der Waals surface area contributed by atoms with E-state index >= 15 is 0 Å². The van der Waals surface area contributed by atoms with Crippen molar-refractivity contribution in [2.45, 2.75) is 6.04 Å². The van der Waals surface area contributed by atoms with Gasteiger partial charge in [-0.25, -0.2) is 9.37 Å². The lowest BCUT2D eigenvalue weighted by Gasteiger charge is -2.16. The Morgan fingerprint density at radius 3 is 2.61 bits per heavy atom. The van der Waals surface area contributed by atoms with Gasteiger partial charge in [0.25, 0.3) is 0 Å². The van der Waals surface area contributed by atoms with E-state index in [0.717, 1.165) is 11.3 Å². The molecule has 0 saturated heterocycles. The summed E-state index contributed by atoms with van der Waals surface area (Å²) in [7, 11) is 0. The van der Waals surface area contributed by atoms with Crippen LogP contribution in [0.2, 0.25) is 0 Å². The Labute approximate surface area is 104 Å². The second-order valence-electron chi connectivity index (χ2n) is 3.98. The number of furan rings is 1. The Kier molecular flexibility index (Phi) is 2.68. The normalized spacial score (nSPS) is 12.5. The molecule has 4 heteroatoms. The summed E-state index contributed by atoms with van der Waals surface area (Å²) in [5.74, 6) is 0.544. The number of aromatic nitrogens is 2. The molecule has 1 atom stereocenters. The van der Waals surface area contributed by atoms with Crippen LogP contribution < -0.4 is 0 Å². The molecule has 2 aromatic heterocycles. The summed E-state index contributed by atoms with van der Waals surface area (Å²) in [6, 6.07) is 10.0. The minimum absolute atomic E-state index is 0.122. The number of rotatable bonds is 3. The monoisotopic (exact) mass is 242 g/mol. The van der Waals surface area contributed by atoms with E-state index in [0.29, 0.717) is 0 Å². The molecular weight excluding hydrogens is 231 g/mol. The van der Waals surface area contributed by atoms with Gasteiger partial charge in [-0.15, -0.1) is 0 Å². The summed E-state index contributed by atoms with van der Waals surface area (Å²) in [6.07, 6.45) is 6.91. The van der Waals surface area contributed by atoms with Crippen LogP contribution in [-0.4, -0.2) is 9.55 Å². The van der Waals surface area contributed by atoms with Crippen molar-refractivity contribution >= 4 is 0 Å². The zero-order valence-electron chi connectivity index (χ0n) is 9.53. The molecule has 2 heterocycles. The first-order valence-electron chi connectivity index (χ1n) is 5.61. The van der Waals surface area contributed by atoms with E-state index in [4.69, 9.17) is 4.42 Å². The van der Waals surface area contributed by atoms with E-state index in [1.807, 2.05) is 22.9 Å². The van der Waals surface area contributed by atoms with Gasteiger partial charge in [0.2, 0.25) is 0 Å². The van der Waals surface area contributed by atoms with Crippen molar-refractivity contribution in [3.05, 3.63) is 78.5 Å². The second-order valence-corrected chi connectivity index (χ2v) is 3.98. The Morgan fingerprint density at radius 2 is 2.00 bits per heavy atom. The molecule has 0 N–H and O–H groups in total. The topological polar surface area (TPSA) is 31.0 Å². The molecule has 3 nitrogen and oxygen atoms in total. The van der Waals surface area contributed by atoms with Crippen LogP contribution in [-0.2, 0) is 0 Å². The van der Waals surface area contributed by atoms with E-state index in [-0.39, 0.29) is 11.9 Å². The van der Waals surface area contributed by atoms with Gasteiger partial charge in [0.1, 0.15) is 17.6 Å². The summed E-state index contributed by atoms with van der Waals surface area (Å²) < 4.78 is 20.4. The molecule has 18 heavy (non-hydrogen) atoms. The highest BCUT2D eigenvalue weighted by Crippen LogP contribution is 2.26. The minimum Gasteiger partial charge on any atom is -0.467 e. The molecule has 90 valence electrons. The Balaban J connectivity index is 2.08. The Hall–Kier alpha value is -2.36. The summed E-state index contributed by atoms with van der Waals surface area (Å²) in [5.41, 5.74) is 0.948. The summed E-state index contributed by atoms with van der Waals surface area (Å²) >= 11 is 0. The van der Waals surface area contributed by atoms with E-state index in [1.54, 1.807) is 30.9 Å². The van der Waals surface area contributed by atoms with Crippen LogP contribution in [0.4, 0.5) is 4.39 Å². The first-order valence-corrected chi connectivity index (χ1v) is 5.61. The lowest BCUT2D eigenvalue weighted by atomic mass is 10.0. The quantitative estimate of drug-likeness (QED) is 0.705. The van der Waals surface area contributed by atoms with Gasteiger partial charge in [-0.05, 0) is 29.8 Å². The number of imidazole rings is 1. The van der Waals surface area contributed by atoms with Gasteiger partial charge in [-0.3, -0.25) is 0 Å². The van der Waals surface area contributed by atoms with Crippen LogP contribution in [0.25, 0.3) is 0 Å². The predicted molar refractivity (Wildman–Crippen MR) is 64.6 cm³/mol. The number of benzene rings is 1. The number of hydrogen-bond acceptors (Lipinski definition) is 2. The molecule has 1 aromatic carbocycles. The van der Waals surface area contributed by atoms with E-state index in [9.17, 15) is 4.39 Å². The van der Waals surface area contributed by atoms with Gasteiger partial charge in [0.15, 0.2) is 0 Å². The molecule has 0 amide bonds. The summed E-state index contributed by atoms with van der Waals surface area (Å²) in [4.78, 5) is 4.04. The molecule has 0 radical (unpaired) electrons. The Bertz CT molecular complexity index is 566. The standard InChI is InChI=1S/C14H11FN2O/c15-12-5-3-11(4-6-12)14(13-2-1-9-18-13)17-8-7-16-10-17/h1-10,14H. The number of halogens is 1. The molecule has 0 spiro atoms. The van der Waals surface area contributed by atoms with Crippen molar-refractivity contribution in [2.24, 2.45) is 0 Å². The number of hydrogen-bond donors (Lipinski definition) is 0. The average molecular weight is 242 g/mol. The van der Waals surface area contributed by atoms with Gasteiger partial charge in [0, 0.05) is 12.4 Å². The minimum atomic E-state index is -0.248. The molecule has 0 fully saturated rings. The fourth-order valence-corrected chi connectivity index (χ4v) is 2.00. The van der Waals surface area contributed by atoms with Crippen LogP contribution in [0.1, 0.15) is 17.4 Å². The van der Waals surface area contributed by atoms with Gasteiger partial charge in [0.05, 0.1) is 12.6 Å². The molecule has 1 unspecified atom stereocenters. The average Bonchev–Trinajstić information content (AvgIpc) is 3.06. The van der Waals surface area contributed by atoms with E-state index in [1.165, 1.54) is 12.1 Å². The van der Waals surface area contributed by atoms with Gasteiger partial charge in [-0.2, -0.15) is 0 Å². The van der Waals surface area contributed by atoms with Crippen LogP contribution in [0.3, 0.4) is 0 Å². The molecule has 0 bridgehead atoms. The molecule has 3 rings (SSSR count). The molecule has 0 aliphatic carbocycles. The van der Waals surface area contributed by atoms with Gasteiger partial charge < -0.3 is 8.98 Å². The third-order valence-corrected chi connectivity index (χ3v) is 2.82. The maximum atomic E-state index is 13.0. The zero-order chi connectivity index (χ0) is 12.4. The predicted octanol–water partition coefficient (Wildman–Crippen LogP) is 3.25. The molecule has 0 aliphatic heterocycles. The van der Waals surface area contributed by atoms with Crippen LogP contribution in [0.15, 0.2) is 65.8 Å². The largest absolute Gasteiger partial charge is 0.467 e. The van der Waals surface area contributed by atoms with Crippen molar-refractivity contribution in [1.29, 1.82) is 0 Å². The summed E-state index contributed by atoms with van der Waals surface area (Å²) in [6.45, 7) is 0. The van der Waals surface area contributed by atoms with Crippen LogP contribution in [0.5, 0.6) is 0 Å². The van der Waals surface area contributed by atoms with Gasteiger partial charge >= 0.3 is 0 Å². The van der Waals surface area contributed by atoms with Crippen molar-refractivity contribution in [1.82, 2.24) is 9.55 Å². The van der Waals surface area contributed by atoms with E-state index in [2.05, 4.69) is 4.98 Å². The smallest absolute Gasteiger partial charge is 0.131 e. The molecule has 3 aromatic rings. The lowest BCUT2D eigenvalue weighted by molar-refractivity contribution is 0.460. The lowest BCUT2D eigenvalue weighted by Crippen LogP contribution is -2.09. The highest BCUT2D eigenvalue weighted by Gasteiger charge is 2.18. The highest BCUT2D eigenvalue weighted by molar-refractivity contribution is 5.28. The van der Waals surface area contributed by atoms with Gasteiger partial charge in [-0.1, -0.05) is 12.1 Å². The van der Waals surface area contributed by atoms with Crippen LogP contribution in [0, 0.1) is 5.82 Å². The first-order chi connectivity index (χ1) is 8.84. The van der Waals surface area contributed by atoms with Crippen molar-refractivity contribution in [2.75, 3.05) is 0 Å². The fourth-order valence-electron chi connectivity index (χ4n) is 2.00. The fraction of sp³-hybridized carbons (Fsp3) is 0.0714. The highest BCUT2D eigenvalue weighted by atomic mass is 19.1. The maximum Gasteiger partial charge on any atom is 0.131 e.